The van der Waals surface area contributed by atoms with Crippen LogP contribution in [0.5, 0.6) is 0 Å². The Morgan fingerprint density at radius 1 is 0.294 bits per heavy atom. The zero-order valence-corrected chi connectivity index (χ0v) is 45.9. The Morgan fingerprint density at radius 3 is 0.794 bits per heavy atom. The second kappa shape index (κ2) is 57.5. The maximum atomic E-state index is 12.9. The number of esters is 3. The first kappa shape index (κ1) is 65.9. The predicted octanol–water partition coefficient (Wildman–Crippen LogP) is 20.3. The van der Waals surface area contributed by atoms with Gasteiger partial charge in [0, 0.05) is 19.3 Å². The Bertz CT molecular complexity index is 1100. The Balaban J connectivity index is 4.35. The highest BCUT2D eigenvalue weighted by Crippen LogP contribution is 2.17. The molecule has 6 heteroatoms. The summed E-state index contributed by atoms with van der Waals surface area (Å²) < 4.78 is 16.9. The SMILES string of the molecule is CCCCCCCCC/C=C\C=C/CCCCCC(=O)OC(COC(=O)CCCCCCCCCCCCCCCCCC)COC(=O)CCCCCCCCCCCCCCCCCCCC. The minimum absolute atomic E-state index is 0.0762. The van der Waals surface area contributed by atoms with E-state index in [4.69, 9.17) is 14.2 Å². The topological polar surface area (TPSA) is 78.9 Å². The van der Waals surface area contributed by atoms with E-state index < -0.39 is 6.10 Å². The molecule has 0 spiro atoms. The molecule has 0 aromatic carbocycles. The number of unbranched alkanes of at least 4 members (excludes halogenated alkanes) is 42. The zero-order valence-electron chi connectivity index (χ0n) is 45.9. The lowest BCUT2D eigenvalue weighted by Gasteiger charge is -2.18. The Labute approximate surface area is 423 Å². The molecule has 0 rings (SSSR count). The molecule has 0 N–H and O–H groups in total. The lowest BCUT2D eigenvalue weighted by atomic mass is 10.0. The van der Waals surface area contributed by atoms with E-state index in [9.17, 15) is 14.4 Å². The van der Waals surface area contributed by atoms with E-state index >= 15 is 0 Å². The van der Waals surface area contributed by atoms with Gasteiger partial charge in [-0.25, -0.2) is 0 Å². The first-order valence-corrected chi connectivity index (χ1v) is 30.4. The van der Waals surface area contributed by atoms with E-state index in [-0.39, 0.29) is 31.1 Å². The Kier molecular flexibility index (Phi) is 55.7. The third-order valence-electron chi connectivity index (χ3n) is 13.7. The Hall–Kier alpha value is -2.11. The standard InChI is InChI=1S/C62H116O6/c1-4-7-10-13-16-19-22-25-28-31-32-35-37-40-43-46-49-52-55-61(64)67-58-59(68-62(65)56-53-50-47-44-41-38-34-30-27-24-21-18-15-12-9-6-3)57-66-60(63)54-51-48-45-42-39-36-33-29-26-23-20-17-14-11-8-5-2/h30,34,38,41,59H,4-29,31-33,35-37,39-40,42-58H2,1-3H3/b34-30-,41-38-. The molecular weight excluding hydrogens is 841 g/mol. The number of rotatable bonds is 56. The van der Waals surface area contributed by atoms with Crippen LogP contribution in [0.25, 0.3) is 0 Å². The summed E-state index contributed by atoms with van der Waals surface area (Å²) >= 11 is 0. The minimum Gasteiger partial charge on any atom is -0.462 e. The van der Waals surface area contributed by atoms with Crippen LogP contribution in [0.1, 0.15) is 335 Å². The third kappa shape index (κ3) is 54.8. The van der Waals surface area contributed by atoms with Crippen LogP contribution in [0.3, 0.4) is 0 Å². The quantitative estimate of drug-likeness (QED) is 0.0262. The molecule has 0 heterocycles. The van der Waals surface area contributed by atoms with Gasteiger partial charge in [0.2, 0.25) is 0 Å². The third-order valence-corrected chi connectivity index (χ3v) is 13.7. The van der Waals surface area contributed by atoms with Gasteiger partial charge in [-0.1, -0.05) is 295 Å². The largest absolute Gasteiger partial charge is 0.462 e. The fraction of sp³-hybridized carbons (Fsp3) is 0.887. The van der Waals surface area contributed by atoms with Gasteiger partial charge in [0.05, 0.1) is 0 Å². The predicted molar refractivity (Wildman–Crippen MR) is 293 cm³/mol. The van der Waals surface area contributed by atoms with Gasteiger partial charge >= 0.3 is 17.9 Å². The Morgan fingerprint density at radius 2 is 0.515 bits per heavy atom. The van der Waals surface area contributed by atoms with Crippen LogP contribution in [0, 0.1) is 0 Å². The molecule has 0 aromatic heterocycles. The molecule has 68 heavy (non-hydrogen) atoms. The van der Waals surface area contributed by atoms with Crippen LogP contribution in [-0.4, -0.2) is 37.2 Å². The first-order chi connectivity index (χ1) is 33.5. The van der Waals surface area contributed by atoms with E-state index in [0.29, 0.717) is 19.3 Å². The molecule has 6 nitrogen and oxygen atoms in total. The van der Waals surface area contributed by atoms with Crippen molar-refractivity contribution in [2.45, 2.75) is 341 Å². The van der Waals surface area contributed by atoms with Crippen LogP contribution in [-0.2, 0) is 28.6 Å². The summed E-state index contributed by atoms with van der Waals surface area (Å²) in [4.78, 5) is 38.2. The van der Waals surface area contributed by atoms with Crippen molar-refractivity contribution in [2.75, 3.05) is 13.2 Å². The van der Waals surface area contributed by atoms with E-state index in [2.05, 4.69) is 45.1 Å². The maximum absolute atomic E-state index is 12.9. The summed E-state index contributed by atoms with van der Waals surface area (Å²) in [6.45, 7) is 6.67. The van der Waals surface area contributed by atoms with Gasteiger partial charge in [-0.2, -0.15) is 0 Å². The number of ether oxygens (including phenoxy) is 3. The molecule has 0 saturated carbocycles. The van der Waals surface area contributed by atoms with Crippen LogP contribution >= 0.6 is 0 Å². The number of hydrogen-bond acceptors (Lipinski definition) is 6. The summed E-state index contributed by atoms with van der Waals surface area (Å²) in [7, 11) is 0. The van der Waals surface area contributed by atoms with Crippen molar-refractivity contribution in [3.05, 3.63) is 24.3 Å². The number of carbonyl (C=O) groups excluding carboxylic acids is 3. The molecular formula is C62H116O6. The molecule has 0 radical (unpaired) electrons. The molecule has 0 aliphatic heterocycles. The number of hydrogen-bond donors (Lipinski definition) is 0. The minimum atomic E-state index is -0.780. The first-order valence-electron chi connectivity index (χ1n) is 30.4. The van der Waals surface area contributed by atoms with Gasteiger partial charge in [0.15, 0.2) is 6.10 Å². The van der Waals surface area contributed by atoms with Crippen molar-refractivity contribution < 1.29 is 28.6 Å². The normalized spacial score (nSPS) is 12.1. The number of carbonyl (C=O) groups is 3. The monoisotopic (exact) mass is 957 g/mol. The average Bonchev–Trinajstić information content (AvgIpc) is 3.34. The molecule has 0 fully saturated rings. The summed E-state index contributed by atoms with van der Waals surface area (Å²) in [6, 6.07) is 0. The van der Waals surface area contributed by atoms with Gasteiger partial charge in [-0.05, 0) is 44.9 Å². The van der Waals surface area contributed by atoms with Crippen molar-refractivity contribution in [2.24, 2.45) is 0 Å². The van der Waals surface area contributed by atoms with Crippen molar-refractivity contribution in [1.82, 2.24) is 0 Å². The van der Waals surface area contributed by atoms with E-state index in [1.54, 1.807) is 0 Å². The van der Waals surface area contributed by atoms with Crippen LogP contribution in [0.15, 0.2) is 24.3 Å². The smallest absolute Gasteiger partial charge is 0.306 e. The molecule has 0 aromatic rings. The highest BCUT2D eigenvalue weighted by Gasteiger charge is 2.19. The highest BCUT2D eigenvalue weighted by molar-refractivity contribution is 5.71. The fourth-order valence-corrected chi connectivity index (χ4v) is 9.14. The van der Waals surface area contributed by atoms with Crippen LogP contribution in [0.4, 0.5) is 0 Å². The zero-order chi connectivity index (χ0) is 49.3. The van der Waals surface area contributed by atoms with Crippen LogP contribution < -0.4 is 0 Å². The lowest BCUT2D eigenvalue weighted by molar-refractivity contribution is -0.167. The van der Waals surface area contributed by atoms with Gasteiger partial charge in [-0.3, -0.25) is 14.4 Å². The van der Waals surface area contributed by atoms with Crippen molar-refractivity contribution >= 4 is 17.9 Å². The van der Waals surface area contributed by atoms with Gasteiger partial charge < -0.3 is 14.2 Å². The number of allylic oxidation sites excluding steroid dienone is 4. The van der Waals surface area contributed by atoms with E-state index in [0.717, 1.165) is 70.6 Å². The molecule has 0 aliphatic rings. The maximum Gasteiger partial charge on any atom is 0.306 e. The van der Waals surface area contributed by atoms with Crippen LogP contribution in [0.2, 0.25) is 0 Å². The van der Waals surface area contributed by atoms with Crippen molar-refractivity contribution in [3.8, 4) is 0 Å². The molecule has 0 saturated heterocycles. The molecule has 0 amide bonds. The van der Waals surface area contributed by atoms with Gasteiger partial charge in [0.1, 0.15) is 13.2 Å². The highest BCUT2D eigenvalue weighted by atomic mass is 16.6. The molecule has 0 bridgehead atoms. The van der Waals surface area contributed by atoms with Crippen molar-refractivity contribution in [3.63, 3.8) is 0 Å². The van der Waals surface area contributed by atoms with Gasteiger partial charge in [0.25, 0.3) is 0 Å². The summed E-state index contributed by atoms with van der Waals surface area (Å²) in [6.07, 6.45) is 67.4. The summed E-state index contributed by atoms with van der Waals surface area (Å²) in [5, 5.41) is 0. The van der Waals surface area contributed by atoms with Gasteiger partial charge in [-0.15, -0.1) is 0 Å². The molecule has 0 aliphatic carbocycles. The average molecular weight is 958 g/mol. The van der Waals surface area contributed by atoms with Crippen molar-refractivity contribution in [1.29, 1.82) is 0 Å². The molecule has 1 atom stereocenters. The van der Waals surface area contributed by atoms with E-state index in [1.165, 1.54) is 225 Å². The summed E-state index contributed by atoms with van der Waals surface area (Å²) in [5.41, 5.74) is 0. The van der Waals surface area contributed by atoms with E-state index in [1.807, 2.05) is 0 Å². The molecule has 1 unspecified atom stereocenters. The fourth-order valence-electron chi connectivity index (χ4n) is 9.14. The second-order valence-corrected chi connectivity index (χ2v) is 20.7. The lowest BCUT2D eigenvalue weighted by Crippen LogP contribution is -2.30. The summed E-state index contributed by atoms with van der Waals surface area (Å²) in [5.74, 6) is -0.878. The molecule has 400 valence electrons. The second-order valence-electron chi connectivity index (χ2n) is 20.7.